The van der Waals surface area contributed by atoms with E-state index in [2.05, 4.69) is 21.2 Å². The molecule has 0 heterocycles. The van der Waals surface area contributed by atoms with Crippen molar-refractivity contribution >= 4 is 51.2 Å². The second-order valence-corrected chi connectivity index (χ2v) is 7.16. The Bertz CT molecular complexity index is 999. The van der Waals surface area contributed by atoms with Crippen molar-refractivity contribution in [3.8, 4) is 11.8 Å². The van der Waals surface area contributed by atoms with Crippen molar-refractivity contribution in [2.45, 2.75) is 13.8 Å². The standard InChI is InChI=1S/C21H18BrClN2O4/c1-3-28-20(26)12-29-19-7-4-14(10-17(19)22)9-15(11-24)21(27)25-18-6-5-16(23)8-13(18)2/h4-10H,3,12H2,1-2H3,(H,25,27)/b15-9+. The van der Waals surface area contributed by atoms with E-state index in [1.807, 2.05) is 13.0 Å². The summed E-state index contributed by atoms with van der Waals surface area (Å²) in [6.07, 6.45) is 1.46. The van der Waals surface area contributed by atoms with Gasteiger partial charge in [-0.2, -0.15) is 5.26 Å². The minimum atomic E-state index is -0.531. The summed E-state index contributed by atoms with van der Waals surface area (Å²) in [6.45, 7) is 3.59. The molecule has 0 unspecified atom stereocenters. The van der Waals surface area contributed by atoms with E-state index >= 15 is 0 Å². The average Bonchev–Trinajstić information content (AvgIpc) is 2.67. The fourth-order valence-corrected chi connectivity index (χ4v) is 3.07. The van der Waals surface area contributed by atoms with Crippen LogP contribution >= 0.6 is 27.5 Å². The number of benzene rings is 2. The number of nitrogens with one attached hydrogen (secondary N) is 1. The van der Waals surface area contributed by atoms with E-state index in [1.54, 1.807) is 43.3 Å². The molecular formula is C21H18BrClN2O4. The van der Waals surface area contributed by atoms with Crippen LogP contribution in [0.2, 0.25) is 5.02 Å². The first-order valence-electron chi connectivity index (χ1n) is 8.61. The van der Waals surface area contributed by atoms with Gasteiger partial charge in [-0.05, 0) is 77.3 Å². The molecule has 0 aliphatic heterocycles. The molecule has 1 amide bonds. The quantitative estimate of drug-likeness (QED) is 0.348. The lowest BCUT2D eigenvalue weighted by Crippen LogP contribution is -2.15. The van der Waals surface area contributed by atoms with Gasteiger partial charge in [0.25, 0.3) is 5.91 Å². The fourth-order valence-electron chi connectivity index (χ4n) is 2.34. The summed E-state index contributed by atoms with van der Waals surface area (Å²) in [6, 6.07) is 11.9. The van der Waals surface area contributed by atoms with E-state index in [0.717, 1.165) is 5.56 Å². The summed E-state index contributed by atoms with van der Waals surface area (Å²) >= 11 is 9.27. The molecule has 2 aromatic rings. The zero-order chi connectivity index (χ0) is 21.4. The molecule has 150 valence electrons. The average molecular weight is 478 g/mol. The highest BCUT2D eigenvalue weighted by molar-refractivity contribution is 9.10. The second-order valence-electron chi connectivity index (χ2n) is 5.87. The predicted molar refractivity (Wildman–Crippen MR) is 115 cm³/mol. The largest absolute Gasteiger partial charge is 0.481 e. The minimum absolute atomic E-state index is 0.0635. The Morgan fingerprint density at radius 3 is 2.66 bits per heavy atom. The molecular weight excluding hydrogens is 460 g/mol. The van der Waals surface area contributed by atoms with Gasteiger partial charge >= 0.3 is 5.97 Å². The molecule has 0 saturated carbocycles. The number of nitriles is 1. The summed E-state index contributed by atoms with van der Waals surface area (Å²) in [7, 11) is 0. The van der Waals surface area contributed by atoms with Crippen LogP contribution in [0.5, 0.6) is 5.75 Å². The number of nitrogens with zero attached hydrogens (tertiary/aromatic N) is 1. The van der Waals surface area contributed by atoms with Gasteiger partial charge in [0.15, 0.2) is 6.61 Å². The molecule has 0 saturated heterocycles. The summed E-state index contributed by atoms with van der Waals surface area (Å²) in [5.74, 6) is -0.559. The van der Waals surface area contributed by atoms with E-state index in [-0.39, 0.29) is 18.8 Å². The Hall–Kier alpha value is -2.82. The van der Waals surface area contributed by atoms with Crippen LogP contribution in [0, 0.1) is 18.3 Å². The molecule has 6 nitrogen and oxygen atoms in total. The molecule has 0 aliphatic carbocycles. The first-order chi connectivity index (χ1) is 13.8. The van der Waals surface area contributed by atoms with Crippen LogP contribution in [-0.4, -0.2) is 25.1 Å². The highest BCUT2D eigenvalue weighted by Gasteiger charge is 2.12. The Kier molecular flexibility index (Phi) is 8.25. The SMILES string of the molecule is CCOC(=O)COc1ccc(/C=C(\C#N)C(=O)Nc2ccc(Cl)cc2C)cc1Br. The summed E-state index contributed by atoms with van der Waals surface area (Å²) < 4.78 is 10.8. The van der Waals surface area contributed by atoms with Crippen molar-refractivity contribution in [2.24, 2.45) is 0 Å². The predicted octanol–water partition coefficient (Wildman–Crippen LogP) is 4.90. The van der Waals surface area contributed by atoms with Crippen LogP contribution in [0.3, 0.4) is 0 Å². The fraction of sp³-hybridized carbons (Fsp3) is 0.190. The van der Waals surface area contributed by atoms with E-state index in [4.69, 9.17) is 21.1 Å². The van der Waals surface area contributed by atoms with Gasteiger partial charge in [0.1, 0.15) is 17.4 Å². The van der Waals surface area contributed by atoms with Crippen LogP contribution in [0.25, 0.3) is 6.08 Å². The summed E-state index contributed by atoms with van der Waals surface area (Å²) in [4.78, 5) is 23.8. The van der Waals surface area contributed by atoms with Crippen molar-refractivity contribution < 1.29 is 19.1 Å². The highest BCUT2D eigenvalue weighted by Crippen LogP contribution is 2.27. The second kappa shape index (κ2) is 10.6. The number of carbonyl (C=O) groups is 2. The number of ether oxygens (including phenoxy) is 2. The lowest BCUT2D eigenvalue weighted by molar-refractivity contribution is -0.145. The molecule has 29 heavy (non-hydrogen) atoms. The van der Waals surface area contributed by atoms with Crippen molar-refractivity contribution in [2.75, 3.05) is 18.5 Å². The Balaban J connectivity index is 2.13. The monoisotopic (exact) mass is 476 g/mol. The van der Waals surface area contributed by atoms with Crippen LogP contribution < -0.4 is 10.1 Å². The third kappa shape index (κ3) is 6.63. The molecule has 0 bridgehead atoms. The Morgan fingerprint density at radius 1 is 1.28 bits per heavy atom. The van der Waals surface area contributed by atoms with E-state index in [0.29, 0.717) is 26.5 Å². The van der Waals surface area contributed by atoms with E-state index < -0.39 is 11.9 Å². The van der Waals surface area contributed by atoms with Crippen LogP contribution in [0.15, 0.2) is 46.4 Å². The summed E-state index contributed by atoms with van der Waals surface area (Å²) in [5.41, 5.74) is 1.91. The van der Waals surface area contributed by atoms with Crippen molar-refractivity contribution in [3.05, 3.63) is 62.6 Å². The number of hydrogen-bond donors (Lipinski definition) is 1. The zero-order valence-corrected chi connectivity index (χ0v) is 18.1. The van der Waals surface area contributed by atoms with Gasteiger partial charge in [-0.1, -0.05) is 17.7 Å². The molecule has 0 spiro atoms. The number of rotatable bonds is 7. The van der Waals surface area contributed by atoms with Crippen molar-refractivity contribution in [3.63, 3.8) is 0 Å². The molecule has 1 N–H and O–H groups in total. The molecule has 2 aromatic carbocycles. The molecule has 8 heteroatoms. The van der Waals surface area contributed by atoms with Gasteiger partial charge in [0, 0.05) is 10.7 Å². The Morgan fingerprint density at radius 2 is 2.03 bits per heavy atom. The highest BCUT2D eigenvalue weighted by atomic mass is 79.9. The van der Waals surface area contributed by atoms with Gasteiger partial charge in [-0.25, -0.2) is 4.79 Å². The molecule has 0 fully saturated rings. The molecule has 0 aliphatic rings. The minimum Gasteiger partial charge on any atom is -0.481 e. The van der Waals surface area contributed by atoms with Crippen LogP contribution in [-0.2, 0) is 14.3 Å². The van der Waals surface area contributed by atoms with Crippen LogP contribution in [0.1, 0.15) is 18.1 Å². The first-order valence-corrected chi connectivity index (χ1v) is 9.78. The number of halogens is 2. The van der Waals surface area contributed by atoms with Gasteiger partial charge in [0.2, 0.25) is 0 Å². The smallest absolute Gasteiger partial charge is 0.344 e. The third-order valence-electron chi connectivity index (χ3n) is 3.72. The number of hydrogen-bond acceptors (Lipinski definition) is 5. The number of anilines is 1. The zero-order valence-electron chi connectivity index (χ0n) is 15.8. The topological polar surface area (TPSA) is 88.4 Å². The van der Waals surface area contributed by atoms with Gasteiger partial charge in [-0.15, -0.1) is 0 Å². The summed E-state index contributed by atoms with van der Waals surface area (Å²) in [5, 5.41) is 12.6. The number of carbonyl (C=O) groups excluding carboxylic acids is 2. The maximum Gasteiger partial charge on any atom is 0.344 e. The van der Waals surface area contributed by atoms with E-state index in [1.165, 1.54) is 6.08 Å². The molecule has 2 rings (SSSR count). The maximum atomic E-state index is 12.5. The van der Waals surface area contributed by atoms with Crippen molar-refractivity contribution in [1.82, 2.24) is 0 Å². The number of esters is 1. The number of amides is 1. The lowest BCUT2D eigenvalue weighted by Gasteiger charge is -2.09. The van der Waals surface area contributed by atoms with Gasteiger partial charge in [0.05, 0.1) is 11.1 Å². The van der Waals surface area contributed by atoms with Crippen molar-refractivity contribution in [1.29, 1.82) is 5.26 Å². The molecule has 0 atom stereocenters. The van der Waals surface area contributed by atoms with Gasteiger partial charge in [-0.3, -0.25) is 4.79 Å². The number of aryl methyl sites for hydroxylation is 1. The molecule has 0 radical (unpaired) electrons. The molecule has 0 aromatic heterocycles. The van der Waals surface area contributed by atoms with Gasteiger partial charge < -0.3 is 14.8 Å². The lowest BCUT2D eigenvalue weighted by atomic mass is 10.1. The first kappa shape index (κ1) is 22.5. The maximum absolute atomic E-state index is 12.5. The normalized spacial score (nSPS) is 10.8. The van der Waals surface area contributed by atoms with E-state index in [9.17, 15) is 14.9 Å². The third-order valence-corrected chi connectivity index (χ3v) is 4.57. The Labute approximate surface area is 182 Å². The van der Waals surface area contributed by atoms with Crippen LogP contribution in [0.4, 0.5) is 5.69 Å².